The van der Waals surface area contributed by atoms with Crippen LogP contribution in [0.2, 0.25) is 0 Å². The minimum absolute atomic E-state index is 0. The van der Waals surface area contributed by atoms with Gasteiger partial charge in [-0.15, -0.1) is 12.4 Å². The van der Waals surface area contributed by atoms with Crippen LogP contribution in [0.5, 0.6) is 0 Å². The number of carbonyl (C=O) groups is 1. The molecule has 1 rings (SSSR count). The van der Waals surface area contributed by atoms with Crippen LogP contribution in [0.25, 0.3) is 0 Å². The number of rotatable bonds is 4. The average molecular weight is 230 g/mol. The van der Waals surface area contributed by atoms with Crippen molar-refractivity contribution in [1.29, 1.82) is 0 Å². The number of carboxylic acids is 1. The molecule has 0 aliphatic rings. The van der Waals surface area contributed by atoms with Crippen molar-refractivity contribution < 1.29 is 9.90 Å². The summed E-state index contributed by atoms with van der Waals surface area (Å²) in [4.78, 5) is 12.6. The molecular formula is C11H16ClNO2. The standard InChI is InChI=1S/C11H15NO2.ClH/c1-12(2)10(11(13)14)8-9-6-4-3-5-7-9;/h3-7,10H,8H2,1-2H3,(H,13,14);1H/t10-;/m1./s1. The fourth-order valence-corrected chi connectivity index (χ4v) is 1.33. The van der Waals surface area contributed by atoms with Gasteiger partial charge in [-0.1, -0.05) is 30.3 Å². The van der Waals surface area contributed by atoms with Crippen molar-refractivity contribution in [2.45, 2.75) is 12.5 Å². The van der Waals surface area contributed by atoms with Gasteiger partial charge in [0.1, 0.15) is 6.04 Å². The molecule has 0 aromatic heterocycles. The Morgan fingerprint density at radius 2 is 1.87 bits per heavy atom. The molecular weight excluding hydrogens is 214 g/mol. The van der Waals surface area contributed by atoms with E-state index < -0.39 is 12.0 Å². The van der Waals surface area contributed by atoms with Gasteiger partial charge in [-0.05, 0) is 26.1 Å². The van der Waals surface area contributed by atoms with E-state index in [-0.39, 0.29) is 12.4 Å². The lowest BCUT2D eigenvalue weighted by atomic mass is 10.1. The van der Waals surface area contributed by atoms with E-state index in [4.69, 9.17) is 5.11 Å². The lowest BCUT2D eigenvalue weighted by Gasteiger charge is -2.19. The van der Waals surface area contributed by atoms with Crippen LogP contribution in [-0.2, 0) is 11.2 Å². The molecule has 1 aromatic rings. The number of benzene rings is 1. The molecule has 0 radical (unpaired) electrons. The molecule has 0 saturated carbocycles. The van der Waals surface area contributed by atoms with Gasteiger partial charge in [-0.3, -0.25) is 9.69 Å². The Morgan fingerprint density at radius 3 is 2.27 bits per heavy atom. The first-order chi connectivity index (χ1) is 6.61. The summed E-state index contributed by atoms with van der Waals surface area (Å²) in [6.45, 7) is 0. The molecule has 84 valence electrons. The van der Waals surface area contributed by atoms with Gasteiger partial charge in [0.15, 0.2) is 0 Å². The van der Waals surface area contributed by atoms with Gasteiger partial charge in [0.25, 0.3) is 0 Å². The van der Waals surface area contributed by atoms with Gasteiger partial charge >= 0.3 is 5.97 Å². The Balaban J connectivity index is 0.00000196. The molecule has 0 aliphatic heterocycles. The minimum atomic E-state index is -0.779. The Labute approximate surface area is 96.1 Å². The minimum Gasteiger partial charge on any atom is -0.480 e. The van der Waals surface area contributed by atoms with Crippen LogP contribution in [-0.4, -0.2) is 36.1 Å². The fraction of sp³-hybridized carbons (Fsp3) is 0.364. The number of aliphatic carboxylic acids is 1. The molecule has 0 unspecified atom stereocenters. The predicted octanol–water partition coefficient (Wildman–Crippen LogP) is 1.67. The van der Waals surface area contributed by atoms with E-state index in [1.54, 1.807) is 19.0 Å². The first-order valence-corrected chi connectivity index (χ1v) is 4.54. The third-order valence-corrected chi connectivity index (χ3v) is 2.18. The van der Waals surface area contributed by atoms with Crippen molar-refractivity contribution in [3.63, 3.8) is 0 Å². The van der Waals surface area contributed by atoms with Gasteiger partial charge in [-0.25, -0.2) is 0 Å². The first kappa shape index (κ1) is 13.9. The van der Waals surface area contributed by atoms with Crippen molar-refractivity contribution in [3.8, 4) is 0 Å². The maximum absolute atomic E-state index is 10.9. The Hall–Kier alpha value is -1.06. The smallest absolute Gasteiger partial charge is 0.321 e. The van der Waals surface area contributed by atoms with Crippen LogP contribution in [0.4, 0.5) is 0 Å². The Kier molecular flexibility index (Phi) is 5.97. The molecule has 0 heterocycles. The molecule has 0 spiro atoms. The molecule has 15 heavy (non-hydrogen) atoms. The third-order valence-electron chi connectivity index (χ3n) is 2.18. The van der Waals surface area contributed by atoms with Crippen molar-refractivity contribution >= 4 is 18.4 Å². The summed E-state index contributed by atoms with van der Waals surface area (Å²) in [6, 6.07) is 9.21. The highest BCUT2D eigenvalue weighted by atomic mass is 35.5. The van der Waals surface area contributed by atoms with Gasteiger partial charge in [0.05, 0.1) is 0 Å². The Morgan fingerprint density at radius 1 is 1.33 bits per heavy atom. The highest BCUT2D eigenvalue weighted by Gasteiger charge is 2.19. The number of hydrogen-bond acceptors (Lipinski definition) is 2. The normalized spacial score (nSPS) is 11.9. The van der Waals surface area contributed by atoms with Crippen LogP contribution < -0.4 is 0 Å². The van der Waals surface area contributed by atoms with E-state index >= 15 is 0 Å². The summed E-state index contributed by atoms with van der Waals surface area (Å²) in [5.41, 5.74) is 1.05. The highest BCUT2D eigenvalue weighted by molar-refractivity contribution is 5.85. The number of likely N-dealkylation sites (N-methyl/N-ethyl adjacent to an activating group) is 1. The fourth-order valence-electron chi connectivity index (χ4n) is 1.33. The maximum Gasteiger partial charge on any atom is 0.321 e. The van der Waals surface area contributed by atoms with Crippen LogP contribution >= 0.6 is 12.4 Å². The molecule has 0 fully saturated rings. The molecule has 1 N–H and O–H groups in total. The van der Waals surface area contributed by atoms with Gasteiger partial charge < -0.3 is 5.11 Å². The zero-order chi connectivity index (χ0) is 10.6. The van der Waals surface area contributed by atoms with E-state index in [9.17, 15) is 4.79 Å². The van der Waals surface area contributed by atoms with E-state index in [2.05, 4.69) is 0 Å². The zero-order valence-corrected chi connectivity index (χ0v) is 9.70. The quantitative estimate of drug-likeness (QED) is 0.854. The third kappa shape index (κ3) is 4.32. The molecule has 4 heteroatoms. The summed E-state index contributed by atoms with van der Waals surface area (Å²) in [7, 11) is 3.56. The summed E-state index contributed by atoms with van der Waals surface area (Å²) < 4.78 is 0. The number of halogens is 1. The van der Waals surface area contributed by atoms with Crippen molar-refractivity contribution in [1.82, 2.24) is 4.90 Å². The molecule has 0 saturated heterocycles. The van der Waals surface area contributed by atoms with Crippen molar-refractivity contribution in [2.75, 3.05) is 14.1 Å². The number of carboxylic acid groups (broad SMARTS) is 1. The molecule has 3 nitrogen and oxygen atoms in total. The van der Waals surface area contributed by atoms with Crippen LogP contribution in [0.1, 0.15) is 5.56 Å². The van der Waals surface area contributed by atoms with Crippen LogP contribution in [0.3, 0.4) is 0 Å². The lowest BCUT2D eigenvalue weighted by Crippen LogP contribution is -2.37. The second-order valence-electron chi connectivity index (χ2n) is 3.51. The molecule has 0 aliphatic carbocycles. The molecule has 0 bridgehead atoms. The Bertz CT molecular complexity index is 301. The average Bonchev–Trinajstić information content (AvgIpc) is 2.15. The van der Waals surface area contributed by atoms with Gasteiger partial charge in [0, 0.05) is 0 Å². The van der Waals surface area contributed by atoms with Crippen LogP contribution in [0, 0.1) is 0 Å². The second kappa shape index (κ2) is 6.43. The monoisotopic (exact) mass is 229 g/mol. The summed E-state index contributed by atoms with van der Waals surface area (Å²) >= 11 is 0. The first-order valence-electron chi connectivity index (χ1n) is 4.54. The molecule has 1 atom stereocenters. The number of nitrogens with zero attached hydrogens (tertiary/aromatic N) is 1. The van der Waals surface area contributed by atoms with Gasteiger partial charge in [-0.2, -0.15) is 0 Å². The topological polar surface area (TPSA) is 40.5 Å². The van der Waals surface area contributed by atoms with E-state index in [0.29, 0.717) is 6.42 Å². The predicted molar refractivity (Wildman–Crippen MR) is 62.5 cm³/mol. The summed E-state index contributed by atoms with van der Waals surface area (Å²) in [5.74, 6) is -0.779. The maximum atomic E-state index is 10.9. The summed E-state index contributed by atoms with van der Waals surface area (Å²) in [5, 5.41) is 8.96. The van der Waals surface area contributed by atoms with E-state index in [1.165, 1.54) is 0 Å². The van der Waals surface area contributed by atoms with Crippen molar-refractivity contribution in [2.24, 2.45) is 0 Å². The SMILES string of the molecule is CN(C)[C@H](Cc1ccccc1)C(=O)O.Cl. The van der Waals surface area contributed by atoms with Crippen LogP contribution in [0.15, 0.2) is 30.3 Å². The van der Waals surface area contributed by atoms with Gasteiger partial charge in [0.2, 0.25) is 0 Å². The molecule has 0 amide bonds. The second-order valence-corrected chi connectivity index (χ2v) is 3.51. The summed E-state index contributed by atoms with van der Waals surface area (Å²) in [6.07, 6.45) is 0.545. The van der Waals surface area contributed by atoms with Crippen molar-refractivity contribution in [3.05, 3.63) is 35.9 Å². The molecule has 1 aromatic carbocycles. The van der Waals surface area contributed by atoms with E-state index in [1.807, 2.05) is 30.3 Å². The highest BCUT2D eigenvalue weighted by Crippen LogP contribution is 2.06. The van der Waals surface area contributed by atoms with E-state index in [0.717, 1.165) is 5.56 Å². The zero-order valence-electron chi connectivity index (χ0n) is 8.88. The lowest BCUT2D eigenvalue weighted by molar-refractivity contribution is -0.142. The largest absolute Gasteiger partial charge is 0.480 e. The number of hydrogen-bond donors (Lipinski definition) is 1.